The van der Waals surface area contributed by atoms with Crippen LogP contribution < -0.4 is 10.1 Å². The molecule has 1 amide bonds. The van der Waals surface area contributed by atoms with Gasteiger partial charge in [0.15, 0.2) is 5.65 Å². The second-order valence-corrected chi connectivity index (χ2v) is 6.39. The zero-order chi connectivity index (χ0) is 17.3. The molecule has 0 spiro atoms. The standard InChI is InChI=1S/C19H20N4O2/c1-25-16-8-3-2-7-15(16)19(9-4-5-10-19)22-18(24)14-13-21-23-12-6-11-20-17(14)23/h2-3,6-8,11-13H,4-5,9-10H2,1H3,(H,22,24). The summed E-state index contributed by atoms with van der Waals surface area (Å²) in [5.41, 5.74) is 1.68. The fourth-order valence-electron chi connectivity index (χ4n) is 3.75. The van der Waals surface area contributed by atoms with Crippen molar-refractivity contribution in [1.29, 1.82) is 0 Å². The van der Waals surface area contributed by atoms with E-state index in [1.54, 1.807) is 36.3 Å². The Morgan fingerprint density at radius 1 is 1.24 bits per heavy atom. The first-order valence-electron chi connectivity index (χ1n) is 8.48. The summed E-state index contributed by atoms with van der Waals surface area (Å²) in [5, 5.41) is 7.48. The van der Waals surface area contributed by atoms with Gasteiger partial charge in [0.05, 0.1) is 18.8 Å². The van der Waals surface area contributed by atoms with Crippen LogP contribution in [-0.2, 0) is 5.54 Å². The highest BCUT2D eigenvalue weighted by atomic mass is 16.5. The fourth-order valence-corrected chi connectivity index (χ4v) is 3.75. The summed E-state index contributed by atoms with van der Waals surface area (Å²) in [6.07, 6.45) is 8.96. The molecule has 3 aromatic rings. The second-order valence-electron chi connectivity index (χ2n) is 6.39. The highest BCUT2D eigenvalue weighted by molar-refractivity contribution is 6.00. The van der Waals surface area contributed by atoms with Crippen LogP contribution in [0.3, 0.4) is 0 Å². The van der Waals surface area contributed by atoms with E-state index < -0.39 is 5.54 Å². The number of ether oxygens (including phenoxy) is 1. The van der Waals surface area contributed by atoms with Crippen LogP contribution in [0.1, 0.15) is 41.6 Å². The highest BCUT2D eigenvalue weighted by Crippen LogP contribution is 2.42. The monoisotopic (exact) mass is 336 g/mol. The van der Waals surface area contributed by atoms with Crippen molar-refractivity contribution in [2.45, 2.75) is 31.2 Å². The minimum atomic E-state index is -0.410. The number of methoxy groups -OCH3 is 1. The predicted molar refractivity (Wildman–Crippen MR) is 93.6 cm³/mol. The maximum absolute atomic E-state index is 13.0. The first kappa shape index (κ1) is 15.6. The number of rotatable bonds is 4. The Morgan fingerprint density at radius 3 is 2.84 bits per heavy atom. The third kappa shape index (κ3) is 2.63. The SMILES string of the molecule is COc1ccccc1C1(NC(=O)c2cnn3cccnc23)CCCC1. The molecule has 2 heterocycles. The van der Waals surface area contributed by atoms with Crippen LogP contribution in [-0.4, -0.2) is 27.6 Å². The first-order chi connectivity index (χ1) is 12.2. The lowest BCUT2D eigenvalue weighted by Crippen LogP contribution is -2.44. The predicted octanol–water partition coefficient (Wildman–Crippen LogP) is 2.94. The number of aromatic nitrogens is 3. The van der Waals surface area contributed by atoms with Gasteiger partial charge in [-0.2, -0.15) is 5.10 Å². The summed E-state index contributed by atoms with van der Waals surface area (Å²) in [6.45, 7) is 0. The van der Waals surface area contributed by atoms with E-state index in [4.69, 9.17) is 4.74 Å². The van der Waals surface area contributed by atoms with Gasteiger partial charge in [0.25, 0.3) is 5.91 Å². The molecule has 1 saturated carbocycles. The highest BCUT2D eigenvalue weighted by Gasteiger charge is 2.39. The maximum atomic E-state index is 13.0. The van der Waals surface area contributed by atoms with Crippen LogP contribution >= 0.6 is 0 Å². The number of nitrogens with one attached hydrogen (secondary N) is 1. The van der Waals surface area contributed by atoms with Crippen molar-refractivity contribution >= 4 is 11.6 Å². The average molecular weight is 336 g/mol. The van der Waals surface area contributed by atoms with E-state index in [0.717, 1.165) is 37.0 Å². The summed E-state index contributed by atoms with van der Waals surface area (Å²) in [4.78, 5) is 17.3. The summed E-state index contributed by atoms with van der Waals surface area (Å²) in [7, 11) is 1.67. The molecule has 128 valence electrons. The smallest absolute Gasteiger partial charge is 0.257 e. The molecular formula is C19H20N4O2. The molecule has 4 rings (SSSR count). The molecule has 0 atom stereocenters. The number of hydrogen-bond donors (Lipinski definition) is 1. The number of amides is 1. The van der Waals surface area contributed by atoms with Crippen LogP contribution in [0.5, 0.6) is 5.75 Å². The topological polar surface area (TPSA) is 68.5 Å². The lowest BCUT2D eigenvalue weighted by molar-refractivity contribution is 0.0898. The molecule has 6 heteroatoms. The van der Waals surface area contributed by atoms with Crippen molar-refractivity contribution in [3.8, 4) is 5.75 Å². The Balaban J connectivity index is 1.72. The number of carbonyl (C=O) groups is 1. The van der Waals surface area contributed by atoms with Gasteiger partial charge in [-0.15, -0.1) is 0 Å². The van der Waals surface area contributed by atoms with E-state index >= 15 is 0 Å². The molecule has 6 nitrogen and oxygen atoms in total. The van der Waals surface area contributed by atoms with Gasteiger partial charge in [0.2, 0.25) is 0 Å². The van der Waals surface area contributed by atoms with Gasteiger partial charge in [0, 0.05) is 18.0 Å². The number of benzene rings is 1. The molecule has 0 saturated heterocycles. The van der Waals surface area contributed by atoms with Gasteiger partial charge in [0.1, 0.15) is 11.3 Å². The molecular weight excluding hydrogens is 316 g/mol. The van der Waals surface area contributed by atoms with Crippen LogP contribution in [0, 0.1) is 0 Å². The minimum Gasteiger partial charge on any atom is -0.496 e. The third-order valence-corrected chi connectivity index (χ3v) is 4.96. The van der Waals surface area contributed by atoms with Gasteiger partial charge in [-0.1, -0.05) is 31.0 Å². The second kappa shape index (κ2) is 6.20. The Hall–Kier alpha value is -2.89. The largest absolute Gasteiger partial charge is 0.496 e. The summed E-state index contributed by atoms with van der Waals surface area (Å²) >= 11 is 0. The number of carbonyl (C=O) groups excluding carboxylic acids is 1. The van der Waals surface area contributed by atoms with Crippen molar-refractivity contribution in [1.82, 2.24) is 19.9 Å². The third-order valence-electron chi connectivity index (χ3n) is 4.96. The normalized spacial score (nSPS) is 16.0. The minimum absolute atomic E-state index is 0.151. The van der Waals surface area contributed by atoms with Gasteiger partial charge >= 0.3 is 0 Å². The van der Waals surface area contributed by atoms with Gasteiger partial charge in [-0.3, -0.25) is 4.79 Å². The van der Waals surface area contributed by atoms with Gasteiger partial charge in [-0.25, -0.2) is 9.50 Å². The van der Waals surface area contributed by atoms with Gasteiger partial charge < -0.3 is 10.1 Å². The molecule has 25 heavy (non-hydrogen) atoms. The number of hydrogen-bond acceptors (Lipinski definition) is 4. The Labute approximate surface area is 145 Å². The van der Waals surface area contributed by atoms with E-state index in [1.807, 2.05) is 24.3 Å². The zero-order valence-corrected chi connectivity index (χ0v) is 14.1. The summed E-state index contributed by atoms with van der Waals surface area (Å²) < 4.78 is 7.16. The molecule has 1 fully saturated rings. The van der Waals surface area contributed by atoms with Crippen molar-refractivity contribution in [3.63, 3.8) is 0 Å². The first-order valence-corrected chi connectivity index (χ1v) is 8.48. The zero-order valence-electron chi connectivity index (χ0n) is 14.1. The maximum Gasteiger partial charge on any atom is 0.257 e. The van der Waals surface area contributed by atoms with Crippen LogP contribution in [0.2, 0.25) is 0 Å². The number of nitrogens with zero attached hydrogens (tertiary/aromatic N) is 3. The Bertz CT molecular complexity index is 912. The van der Waals surface area contributed by atoms with Crippen LogP contribution in [0.15, 0.2) is 48.9 Å². The van der Waals surface area contributed by atoms with E-state index in [1.165, 1.54) is 0 Å². The van der Waals surface area contributed by atoms with Crippen molar-refractivity contribution in [2.75, 3.05) is 7.11 Å². The van der Waals surface area contributed by atoms with E-state index in [2.05, 4.69) is 15.4 Å². The lowest BCUT2D eigenvalue weighted by atomic mass is 9.87. The fraction of sp³-hybridized carbons (Fsp3) is 0.316. The van der Waals surface area contributed by atoms with Crippen LogP contribution in [0.4, 0.5) is 0 Å². The molecule has 0 aliphatic heterocycles. The Morgan fingerprint density at radius 2 is 2.04 bits per heavy atom. The summed E-state index contributed by atoms with van der Waals surface area (Å²) in [6, 6.07) is 9.70. The molecule has 0 radical (unpaired) electrons. The van der Waals surface area contributed by atoms with E-state index in [0.29, 0.717) is 11.2 Å². The van der Waals surface area contributed by atoms with Crippen molar-refractivity contribution in [3.05, 3.63) is 60.0 Å². The van der Waals surface area contributed by atoms with Crippen molar-refractivity contribution in [2.24, 2.45) is 0 Å². The van der Waals surface area contributed by atoms with E-state index in [9.17, 15) is 4.79 Å². The Kier molecular flexibility index (Phi) is 3.87. The average Bonchev–Trinajstić information content (AvgIpc) is 3.29. The quantitative estimate of drug-likeness (QED) is 0.795. The molecule has 1 aromatic carbocycles. The molecule has 2 aromatic heterocycles. The number of fused-ring (bicyclic) bond motifs is 1. The molecule has 0 unspecified atom stereocenters. The lowest BCUT2D eigenvalue weighted by Gasteiger charge is -2.32. The van der Waals surface area contributed by atoms with E-state index in [-0.39, 0.29) is 5.91 Å². The van der Waals surface area contributed by atoms with Crippen molar-refractivity contribution < 1.29 is 9.53 Å². The van der Waals surface area contributed by atoms with Gasteiger partial charge in [-0.05, 0) is 25.0 Å². The molecule has 1 aliphatic rings. The molecule has 1 N–H and O–H groups in total. The molecule has 1 aliphatic carbocycles. The number of para-hydroxylation sites is 1. The summed E-state index contributed by atoms with van der Waals surface area (Å²) in [5.74, 6) is 0.657. The van der Waals surface area contributed by atoms with Crippen LogP contribution in [0.25, 0.3) is 5.65 Å². The molecule has 0 bridgehead atoms.